The predicted octanol–water partition coefficient (Wildman–Crippen LogP) is 5.44. The van der Waals surface area contributed by atoms with E-state index in [0.717, 1.165) is 11.1 Å². The Morgan fingerprint density at radius 3 is 2.08 bits per heavy atom. The van der Waals surface area contributed by atoms with Gasteiger partial charge in [-0.25, -0.2) is 9.59 Å². The van der Waals surface area contributed by atoms with E-state index in [1.165, 1.54) is 6.92 Å². The molecule has 2 aliphatic carbocycles. The van der Waals surface area contributed by atoms with Crippen molar-refractivity contribution in [2.24, 2.45) is 17.3 Å². The Morgan fingerprint density at radius 1 is 0.897 bits per heavy atom. The number of rotatable bonds is 6. The third kappa shape index (κ3) is 5.50. The Morgan fingerprint density at radius 2 is 1.49 bits per heavy atom. The van der Waals surface area contributed by atoms with Crippen molar-refractivity contribution in [1.82, 2.24) is 0 Å². The maximum absolute atomic E-state index is 13.3. The quantitative estimate of drug-likeness (QED) is 0.299. The van der Waals surface area contributed by atoms with Crippen LogP contribution >= 0.6 is 0 Å². The van der Waals surface area contributed by atoms with Crippen LogP contribution in [0.4, 0.5) is 0 Å². The average Bonchev–Trinajstić information content (AvgIpc) is 3.04. The minimum Gasteiger partial charge on any atom is -0.462 e. The molecule has 0 amide bonds. The van der Waals surface area contributed by atoms with Gasteiger partial charge in [-0.2, -0.15) is 0 Å². The van der Waals surface area contributed by atoms with Crippen molar-refractivity contribution in [2.45, 2.75) is 78.3 Å². The molecule has 7 heteroatoms. The van der Waals surface area contributed by atoms with Crippen LogP contribution in [0, 0.1) is 24.2 Å². The van der Waals surface area contributed by atoms with Crippen LogP contribution in [-0.2, 0) is 19.0 Å². The first-order chi connectivity index (χ1) is 18.4. The van der Waals surface area contributed by atoms with E-state index in [2.05, 4.69) is 0 Å². The monoisotopic (exact) mass is 534 g/mol. The smallest absolute Gasteiger partial charge is 0.338 e. The Kier molecular flexibility index (Phi) is 8.03. The second-order valence-corrected chi connectivity index (χ2v) is 11.5. The molecule has 0 radical (unpaired) electrons. The van der Waals surface area contributed by atoms with Gasteiger partial charge in [-0.1, -0.05) is 62.2 Å². The highest BCUT2D eigenvalue weighted by Crippen LogP contribution is 2.60. The van der Waals surface area contributed by atoms with Crippen LogP contribution in [0.25, 0.3) is 0 Å². The molecule has 208 valence electrons. The van der Waals surface area contributed by atoms with Crippen LogP contribution in [0.1, 0.15) is 73.7 Å². The maximum atomic E-state index is 13.3. The van der Waals surface area contributed by atoms with Gasteiger partial charge in [-0.3, -0.25) is 4.79 Å². The summed E-state index contributed by atoms with van der Waals surface area (Å²) in [6.45, 7) is 10.8. The van der Waals surface area contributed by atoms with E-state index in [1.54, 1.807) is 36.4 Å². The van der Waals surface area contributed by atoms with Gasteiger partial charge < -0.3 is 19.3 Å². The molecule has 0 bridgehead atoms. The lowest BCUT2D eigenvalue weighted by atomic mass is 9.66. The van der Waals surface area contributed by atoms with Crippen LogP contribution in [0.2, 0.25) is 0 Å². The number of carbonyl (C=O) groups excluding carboxylic acids is 3. The fourth-order valence-electron chi connectivity index (χ4n) is 6.29. The number of aliphatic hydroxyl groups is 1. The topological polar surface area (TPSA) is 99.1 Å². The second-order valence-electron chi connectivity index (χ2n) is 11.5. The Hall–Kier alpha value is -3.45. The summed E-state index contributed by atoms with van der Waals surface area (Å²) in [6.07, 6.45) is -0.0987. The van der Waals surface area contributed by atoms with Crippen LogP contribution in [-0.4, -0.2) is 46.9 Å². The van der Waals surface area contributed by atoms with Gasteiger partial charge >= 0.3 is 17.9 Å². The van der Waals surface area contributed by atoms with Gasteiger partial charge in [0.1, 0.15) is 18.3 Å². The molecule has 7 nitrogen and oxygen atoms in total. The van der Waals surface area contributed by atoms with Crippen LogP contribution < -0.4 is 0 Å². The van der Waals surface area contributed by atoms with Gasteiger partial charge in [0.2, 0.25) is 0 Å². The van der Waals surface area contributed by atoms with Crippen molar-refractivity contribution >= 4 is 17.9 Å². The van der Waals surface area contributed by atoms with Crippen LogP contribution in [0.5, 0.6) is 0 Å². The van der Waals surface area contributed by atoms with Crippen LogP contribution in [0.15, 0.2) is 66.2 Å². The van der Waals surface area contributed by atoms with Crippen LogP contribution in [0.3, 0.4) is 0 Å². The Balaban J connectivity index is 1.80. The first-order valence-corrected chi connectivity index (χ1v) is 13.5. The maximum Gasteiger partial charge on any atom is 0.338 e. The molecule has 0 unspecified atom stereocenters. The highest BCUT2D eigenvalue weighted by Gasteiger charge is 2.69. The van der Waals surface area contributed by atoms with Gasteiger partial charge in [0.05, 0.1) is 22.1 Å². The number of esters is 3. The predicted molar refractivity (Wildman–Crippen MR) is 146 cm³/mol. The lowest BCUT2D eigenvalue weighted by Gasteiger charge is -2.45. The fourth-order valence-corrected chi connectivity index (χ4v) is 6.29. The summed E-state index contributed by atoms with van der Waals surface area (Å²) in [5.41, 5.74) is 0.184. The zero-order valence-electron chi connectivity index (χ0n) is 23.5. The highest BCUT2D eigenvalue weighted by molar-refractivity contribution is 5.90. The summed E-state index contributed by atoms with van der Waals surface area (Å²) >= 11 is 0. The third-order valence-electron chi connectivity index (χ3n) is 8.46. The number of hydrogen-bond acceptors (Lipinski definition) is 7. The average molecular weight is 535 g/mol. The third-order valence-corrected chi connectivity index (χ3v) is 8.46. The lowest BCUT2D eigenvalue weighted by Crippen LogP contribution is -2.55. The van der Waals surface area contributed by atoms with E-state index in [0.29, 0.717) is 17.5 Å². The van der Waals surface area contributed by atoms with E-state index < -0.39 is 53.2 Å². The van der Waals surface area contributed by atoms with E-state index in [4.69, 9.17) is 14.2 Å². The largest absolute Gasteiger partial charge is 0.462 e. The summed E-state index contributed by atoms with van der Waals surface area (Å²) in [6, 6.07) is 15.8. The first-order valence-electron chi connectivity index (χ1n) is 13.5. The second kappa shape index (κ2) is 11.0. The molecule has 39 heavy (non-hydrogen) atoms. The van der Waals surface area contributed by atoms with Crippen molar-refractivity contribution in [3.63, 3.8) is 0 Å². The first kappa shape index (κ1) is 28.6. The van der Waals surface area contributed by atoms with Gasteiger partial charge in [0, 0.05) is 25.7 Å². The lowest BCUT2D eigenvalue weighted by molar-refractivity contribution is -0.161. The summed E-state index contributed by atoms with van der Waals surface area (Å²) < 4.78 is 18.1. The number of aryl methyl sites for hydroxylation is 1. The SMILES string of the molecule is CC(=O)O[C@H]1C[C@@](O)(C(C)C)[C@@H]2[C@@H](OC(=O)c3ccc(C)cc3)CC(C)=C[C@H](OC(=O)c3ccccc3)[C@@]12C. The fraction of sp³-hybridized carbons (Fsp3) is 0.469. The molecular formula is C32H38O7. The number of benzene rings is 2. The molecule has 0 heterocycles. The van der Waals surface area contributed by atoms with Crippen molar-refractivity contribution in [2.75, 3.05) is 0 Å². The zero-order chi connectivity index (χ0) is 28.5. The van der Waals surface area contributed by atoms with Gasteiger partial charge in [-0.15, -0.1) is 0 Å². The molecule has 1 fully saturated rings. The van der Waals surface area contributed by atoms with E-state index in [9.17, 15) is 19.5 Å². The molecule has 2 aromatic carbocycles. The number of fused-ring (bicyclic) bond motifs is 1. The number of carbonyl (C=O) groups is 3. The van der Waals surface area contributed by atoms with Gasteiger partial charge in [-0.05, 0) is 50.1 Å². The number of ether oxygens (including phenoxy) is 3. The molecular weight excluding hydrogens is 496 g/mol. The molecule has 0 spiro atoms. The Labute approximate surface area is 230 Å². The minimum atomic E-state index is -1.37. The molecule has 2 aromatic rings. The Bertz CT molecular complexity index is 1250. The van der Waals surface area contributed by atoms with Crippen molar-refractivity contribution < 1.29 is 33.7 Å². The number of hydrogen-bond donors (Lipinski definition) is 1. The molecule has 1 saturated carbocycles. The van der Waals surface area contributed by atoms with E-state index in [1.807, 2.05) is 58.9 Å². The molecule has 0 aromatic heterocycles. The molecule has 4 rings (SSSR count). The van der Waals surface area contributed by atoms with E-state index >= 15 is 0 Å². The van der Waals surface area contributed by atoms with Crippen molar-refractivity contribution in [3.05, 3.63) is 82.9 Å². The summed E-state index contributed by atoms with van der Waals surface area (Å²) in [5.74, 6) is -2.50. The summed E-state index contributed by atoms with van der Waals surface area (Å²) in [4.78, 5) is 38.8. The summed E-state index contributed by atoms with van der Waals surface area (Å²) in [7, 11) is 0. The van der Waals surface area contributed by atoms with Gasteiger partial charge in [0.25, 0.3) is 0 Å². The van der Waals surface area contributed by atoms with Crippen molar-refractivity contribution in [3.8, 4) is 0 Å². The minimum absolute atomic E-state index is 0.121. The molecule has 6 atom stereocenters. The molecule has 2 aliphatic rings. The summed E-state index contributed by atoms with van der Waals surface area (Å²) in [5, 5.41) is 12.2. The normalized spacial score (nSPS) is 30.1. The molecule has 1 N–H and O–H groups in total. The molecule has 0 aliphatic heterocycles. The molecule has 0 saturated heterocycles. The zero-order valence-corrected chi connectivity index (χ0v) is 23.5. The highest BCUT2D eigenvalue weighted by atomic mass is 16.6. The van der Waals surface area contributed by atoms with Gasteiger partial charge in [0.15, 0.2) is 0 Å². The standard InChI is InChI=1S/C32H38O7/c1-19(2)32(36)18-27(37-22(5)33)31(6)26(39-30(35)23-10-8-7-9-11-23)17-21(4)16-25(28(31)32)38-29(34)24-14-12-20(3)13-15-24/h7-15,17,19,25-28,36H,16,18H2,1-6H3/t25-,26-,27-,28+,31-,32+/m0/s1. The van der Waals surface area contributed by atoms with E-state index in [-0.39, 0.29) is 12.3 Å². The van der Waals surface area contributed by atoms with Crippen molar-refractivity contribution in [1.29, 1.82) is 0 Å².